The number of carbonyl (C=O) groups is 3. The topological polar surface area (TPSA) is 78.9 Å². The van der Waals surface area contributed by atoms with Crippen LogP contribution in [0.5, 0.6) is 0 Å². The van der Waals surface area contributed by atoms with Crippen LogP contribution in [0.2, 0.25) is 0 Å². The lowest BCUT2D eigenvalue weighted by molar-refractivity contribution is -0.167. The highest BCUT2D eigenvalue weighted by Gasteiger charge is 2.19. The van der Waals surface area contributed by atoms with E-state index in [1.807, 2.05) is 0 Å². The average Bonchev–Trinajstić information content (AvgIpc) is 3.14. The molecule has 0 aliphatic carbocycles. The lowest BCUT2D eigenvalue weighted by atomic mass is 10.0. The first-order valence-electron chi connectivity index (χ1n) is 23.4. The molecule has 1 atom stereocenters. The second-order valence-corrected chi connectivity index (χ2v) is 16.5. The van der Waals surface area contributed by atoms with Gasteiger partial charge >= 0.3 is 17.9 Å². The Morgan fingerprint density at radius 3 is 0.925 bits per heavy atom. The second-order valence-electron chi connectivity index (χ2n) is 16.5. The van der Waals surface area contributed by atoms with E-state index in [1.54, 1.807) is 0 Å². The molecule has 0 aromatic heterocycles. The quantitative estimate of drug-likeness (QED) is 0.0351. The lowest BCUT2D eigenvalue weighted by Gasteiger charge is -2.18. The van der Waals surface area contributed by atoms with Gasteiger partial charge < -0.3 is 14.2 Å². The highest BCUT2D eigenvalue weighted by molar-refractivity contribution is 5.71. The van der Waals surface area contributed by atoms with Gasteiger partial charge in [-0.3, -0.25) is 14.4 Å². The van der Waals surface area contributed by atoms with Crippen LogP contribution in [-0.2, 0) is 28.6 Å². The third-order valence-corrected chi connectivity index (χ3v) is 10.5. The maximum atomic E-state index is 12.7. The van der Waals surface area contributed by atoms with Crippen LogP contribution in [0.15, 0.2) is 0 Å². The molecule has 0 unspecified atom stereocenters. The number of carbonyl (C=O) groups excluding carboxylic acids is 3. The van der Waals surface area contributed by atoms with Crippen molar-refractivity contribution in [3.05, 3.63) is 0 Å². The molecule has 0 rings (SSSR count). The smallest absolute Gasteiger partial charge is 0.306 e. The maximum absolute atomic E-state index is 12.7. The molecule has 0 bridgehead atoms. The van der Waals surface area contributed by atoms with Gasteiger partial charge in [0.15, 0.2) is 6.10 Å². The van der Waals surface area contributed by atoms with E-state index in [0.29, 0.717) is 19.3 Å². The van der Waals surface area contributed by atoms with Gasteiger partial charge in [0.25, 0.3) is 0 Å². The summed E-state index contributed by atoms with van der Waals surface area (Å²) in [6.07, 6.45) is 41.1. The van der Waals surface area contributed by atoms with E-state index in [2.05, 4.69) is 27.7 Å². The molecule has 0 heterocycles. The standard InChI is InChI=1S/C47H90O6/c1-5-7-9-11-13-14-15-16-17-18-19-20-21-22-23-27-32-36-40-47(50)53-44(41-51-45(48)38-34-30-25-12-10-8-6-2)42-52-46(49)39-35-31-28-24-26-29-33-37-43(3)4/h43-44H,5-42H2,1-4H3/t44-/m0/s1. The summed E-state index contributed by atoms with van der Waals surface area (Å²) in [5.74, 6) is -0.0805. The zero-order chi connectivity index (χ0) is 38.9. The van der Waals surface area contributed by atoms with Crippen LogP contribution < -0.4 is 0 Å². The number of hydrogen-bond donors (Lipinski definition) is 0. The lowest BCUT2D eigenvalue weighted by Crippen LogP contribution is -2.30. The molecule has 0 saturated carbocycles. The first kappa shape index (κ1) is 51.4. The third kappa shape index (κ3) is 41.4. The minimum atomic E-state index is -0.758. The van der Waals surface area contributed by atoms with E-state index in [9.17, 15) is 14.4 Å². The first-order chi connectivity index (χ1) is 25.9. The normalized spacial score (nSPS) is 11.9. The zero-order valence-corrected chi connectivity index (χ0v) is 36.0. The molecule has 0 radical (unpaired) electrons. The molecule has 0 aliphatic heterocycles. The SMILES string of the molecule is CCCCCCCCCCCCCCCCCCCCC(=O)O[C@@H](COC(=O)CCCCCCCCC)COC(=O)CCCCCCCCCC(C)C. The van der Waals surface area contributed by atoms with Gasteiger partial charge in [0.1, 0.15) is 13.2 Å². The van der Waals surface area contributed by atoms with Gasteiger partial charge in [0, 0.05) is 19.3 Å². The molecule has 0 spiro atoms. The van der Waals surface area contributed by atoms with E-state index in [-0.39, 0.29) is 31.1 Å². The molecule has 6 nitrogen and oxygen atoms in total. The van der Waals surface area contributed by atoms with Crippen LogP contribution in [0.3, 0.4) is 0 Å². The number of rotatable bonds is 42. The van der Waals surface area contributed by atoms with Crippen molar-refractivity contribution >= 4 is 17.9 Å². The Morgan fingerprint density at radius 2 is 0.623 bits per heavy atom. The summed E-state index contributed by atoms with van der Waals surface area (Å²) in [4.78, 5) is 37.6. The van der Waals surface area contributed by atoms with Crippen LogP contribution in [0, 0.1) is 5.92 Å². The van der Waals surface area contributed by atoms with Gasteiger partial charge in [-0.1, -0.05) is 220 Å². The van der Waals surface area contributed by atoms with Crippen molar-refractivity contribution in [1.82, 2.24) is 0 Å². The Bertz CT molecular complexity index is 796. The highest BCUT2D eigenvalue weighted by Crippen LogP contribution is 2.16. The fourth-order valence-electron chi connectivity index (χ4n) is 6.98. The largest absolute Gasteiger partial charge is 0.462 e. The van der Waals surface area contributed by atoms with Crippen molar-refractivity contribution in [1.29, 1.82) is 0 Å². The highest BCUT2D eigenvalue weighted by atomic mass is 16.6. The number of ether oxygens (including phenoxy) is 3. The Balaban J connectivity index is 4.20. The molecule has 0 N–H and O–H groups in total. The Labute approximate surface area is 329 Å². The molecule has 0 fully saturated rings. The molecule has 0 saturated heterocycles. The van der Waals surface area contributed by atoms with Gasteiger partial charge in [0.2, 0.25) is 0 Å². The summed E-state index contributed by atoms with van der Waals surface area (Å²) in [5, 5.41) is 0. The van der Waals surface area contributed by atoms with Crippen LogP contribution in [0.25, 0.3) is 0 Å². The number of hydrogen-bond acceptors (Lipinski definition) is 6. The van der Waals surface area contributed by atoms with Crippen LogP contribution in [-0.4, -0.2) is 37.2 Å². The van der Waals surface area contributed by atoms with E-state index in [0.717, 1.165) is 63.7 Å². The van der Waals surface area contributed by atoms with Crippen molar-refractivity contribution in [3.8, 4) is 0 Å². The van der Waals surface area contributed by atoms with Gasteiger partial charge in [-0.2, -0.15) is 0 Å². The van der Waals surface area contributed by atoms with Crippen LogP contribution in [0.1, 0.15) is 259 Å². The molecular weight excluding hydrogens is 661 g/mol. The summed E-state index contributed by atoms with van der Waals surface area (Å²) in [6, 6.07) is 0. The van der Waals surface area contributed by atoms with Crippen molar-refractivity contribution in [3.63, 3.8) is 0 Å². The molecule has 0 aromatic carbocycles. The molecule has 0 aliphatic rings. The molecule has 0 aromatic rings. The summed E-state index contributed by atoms with van der Waals surface area (Å²) < 4.78 is 16.7. The van der Waals surface area contributed by atoms with Gasteiger partial charge in [-0.15, -0.1) is 0 Å². The third-order valence-electron chi connectivity index (χ3n) is 10.5. The number of esters is 3. The first-order valence-corrected chi connectivity index (χ1v) is 23.4. The van der Waals surface area contributed by atoms with E-state index in [4.69, 9.17) is 14.2 Å². The fourth-order valence-corrected chi connectivity index (χ4v) is 6.98. The maximum Gasteiger partial charge on any atom is 0.306 e. The number of unbranched alkanes of at least 4 members (excludes halogenated alkanes) is 29. The molecular formula is C47H90O6. The molecule has 53 heavy (non-hydrogen) atoms. The summed E-state index contributed by atoms with van der Waals surface area (Å²) in [6.45, 7) is 8.91. The van der Waals surface area contributed by atoms with E-state index in [1.165, 1.54) is 154 Å². The van der Waals surface area contributed by atoms with E-state index < -0.39 is 6.10 Å². The Kier molecular flexibility index (Phi) is 40.3. The van der Waals surface area contributed by atoms with Crippen molar-refractivity contribution in [2.75, 3.05) is 13.2 Å². The minimum Gasteiger partial charge on any atom is -0.462 e. The van der Waals surface area contributed by atoms with Crippen LogP contribution in [0.4, 0.5) is 0 Å². The molecule has 0 amide bonds. The summed E-state index contributed by atoms with van der Waals surface area (Å²) in [5.41, 5.74) is 0. The zero-order valence-electron chi connectivity index (χ0n) is 36.0. The van der Waals surface area contributed by atoms with E-state index >= 15 is 0 Å². The van der Waals surface area contributed by atoms with Gasteiger partial charge in [-0.25, -0.2) is 0 Å². The van der Waals surface area contributed by atoms with Crippen molar-refractivity contribution in [2.45, 2.75) is 265 Å². The summed E-state index contributed by atoms with van der Waals surface area (Å²) in [7, 11) is 0. The van der Waals surface area contributed by atoms with Crippen molar-refractivity contribution < 1.29 is 28.6 Å². The predicted molar refractivity (Wildman–Crippen MR) is 224 cm³/mol. The monoisotopic (exact) mass is 751 g/mol. The van der Waals surface area contributed by atoms with Gasteiger partial charge in [-0.05, 0) is 25.2 Å². The van der Waals surface area contributed by atoms with Crippen LogP contribution >= 0.6 is 0 Å². The summed E-state index contributed by atoms with van der Waals surface area (Å²) >= 11 is 0. The Morgan fingerprint density at radius 1 is 0.358 bits per heavy atom. The predicted octanol–water partition coefficient (Wildman–Crippen LogP) is 14.7. The molecule has 6 heteroatoms. The fraction of sp³-hybridized carbons (Fsp3) is 0.936. The average molecular weight is 751 g/mol. The molecule has 314 valence electrons. The Hall–Kier alpha value is -1.59. The second kappa shape index (κ2) is 41.6. The minimum absolute atomic E-state index is 0.0652. The van der Waals surface area contributed by atoms with Gasteiger partial charge in [0.05, 0.1) is 0 Å². The van der Waals surface area contributed by atoms with Crippen molar-refractivity contribution in [2.24, 2.45) is 5.92 Å².